The molecule has 2 N–H and O–H groups in total. The molecule has 0 aromatic heterocycles. The average molecular weight is 186 g/mol. The van der Waals surface area contributed by atoms with Crippen molar-refractivity contribution in [3.05, 3.63) is 0 Å². The Morgan fingerprint density at radius 3 is 2.23 bits per heavy atom. The van der Waals surface area contributed by atoms with Gasteiger partial charge in [-0.15, -0.1) is 0 Å². The fourth-order valence-electron chi connectivity index (χ4n) is 2.14. The lowest BCUT2D eigenvalue weighted by Gasteiger charge is -2.41. The summed E-state index contributed by atoms with van der Waals surface area (Å²) in [4.78, 5) is 1.47. The summed E-state index contributed by atoms with van der Waals surface area (Å²) in [7, 11) is 2.19. The molecule has 78 valence electrons. The van der Waals surface area contributed by atoms with E-state index in [0.29, 0.717) is 17.4 Å². The number of piperidine rings is 1. The summed E-state index contributed by atoms with van der Waals surface area (Å²) in [6.07, 6.45) is 0.861. The van der Waals surface area contributed by atoms with Crippen LogP contribution in [-0.2, 0) is 0 Å². The molecule has 0 saturated carbocycles. The van der Waals surface area contributed by atoms with Crippen molar-refractivity contribution in [3.8, 4) is 0 Å². The van der Waals surface area contributed by atoms with Gasteiger partial charge >= 0.3 is 0 Å². The number of hydrogen-bond acceptors (Lipinski definition) is 1. The first kappa shape index (κ1) is 11.0. The minimum atomic E-state index is -0.113. The monoisotopic (exact) mass is 186 g/mol. The molecule has 1 saturated heterocycles. The fourth-order valence-corrected chi connectivity index (χ4v) is 2.14. The first-order chi connectivity index (χ1) is 5.82. The molecule has 0 amide bonds. The summed E-state index contributed by atoms with van der Waals surface area (Å²) >= 11 is 0. The van der Waals surface area contributed by atoms with Crippen molar-refractivity contribution in [1.29, 1.82) is 0 Å². The van der Waals surface area contributed by atoms with E-state index in [9.17, 15) is 5.11 Å². The zero-order valence-corrected chi connectivity index (χ0v) is 9.59. The van der Waals surface area contributed by atoms with Crippen LogP contribution in [0.2, 0.25) is 0 Å². The molecule has 13 heavy (non-hydrogen) atoms. The number of aliphatic hydroxyl groups excluding tert-OH is 1. The Bertz CT molecular complexity index is 161. The summed E-state index contributed by atoms with van der Waals surface area (Å²) < 4.78 is 0. The third-order valence-electron chi connectivity index (χ3n) is 3.67. The van der Waals surface area contributed by atoms with Crippen LogP contribution in [0, 0.1) is 11.3 Å². The van der Waals surface area contributed by atoms with Gasteiger partial charge in [0.15, 0.2) is 0 Å². The van der Waals surface area contributed by atoms with Crippen LogP contribution in [0.25, 0.3) is 0 Å². The highest BCUT2D eigenvalue weighted by Crippen LogP contribution is 2.30. The lowest BCUT2D eigenvalue weighted by molar-refractivity contribution is -0.918. The molecule has 2 nitrogen and oxygen atoms in total. The van der Waals surface area contributed by atoms with Crippen LogP contribution in [0.3, 0.4) is 0 Å². The zero-order valence-electron chi connectivity index (χ0n) is 9.59. The Labute approximate surface area is 81.9 Å². The topological polar surface area (TPSA) is 24.7 Å². The summed E-state index contributed by atoms with van der Waals surface area (Å²) in [6, 6.07) is 0.401. The van der Waals surface area contributed by atoms with Crippen molar-refractivity contribution >= 4 is 0 Å². The van der Waals surface area contributed by atoms with E-state index in [4.69, 9.17) is 0 Å². The first-order valence-corrected chi connectivity index (χ1v) is 5.32. The molecule has 1 heterocycles. The van der Waals surface area contributed by atoms with E-state index in [-0.39, 0.29) is 6.10 Å². The minimum Gasteiger partial charge on any atom is -0.387 e. The van der Waals surface area contributed by atoms with Gasteiger partial charge in [0.2, 0.25) is 0 Å². The highest BCUT2D eigenvalue weighted by Gasteiger charge is 2.38. The van der Waals surface area contributed by atoms with Crippen LogP contribution in [0.1, 0.15) is 34.1 Å². The maximum atomic E-state index is 9.86. The molecule has 0 aliphatic carbocycles. The second-order valence-electron chi connectivity index (χ2n) is 5.71. The maximum Gasteiger partial charge on any atom is 0.111 e. The van der Waals surface area contributed by atoms with Gasteiger partial charge in [0.25, 0.3) is 0 Å². The van der Waals surface area contributed by atoms with Gasteiger partial charge in [-0.1, -0.05) is 20.8 Å². The van der Waals surface area contributed by atoms with E-state index < -0.39 is 0 Å². The van der Waals surface area contributed by atoms with Gasteiger partial charge < -0.3 is 10.0 Å². The smallest absolute Gasteiger partial charge is 0.111 e. The number of quaternary nitrogens is 1. The van der Waals surface area contributed by atoms with Crippen molar-refractivity contribution in [2.45, 2.75) is 46.3 Å². The van der Waals surface area contributed by atoms with Gasteiger partial charge in [-0.25, -0.2) is 0 Å². The SMILES string of the molecule is C[C@@H]1[C@H](O)C[C@H](C(C)(C)C)C[NH+]1C. The molecular weight excluding hydrogens is 162 g/mol. The number of rotatable bonds is 0. The number of likely N-dealkylation sites (tertiary alicyclic amines) is 1. The molecule has 0 aromatic rings. The molecule has 1 rings (SSSR count). The number of likely N-dealkylation sites (N-methyl/N-ethyl adjacent to an activating group) is 1. The molecule has 4 atom stereocenters. The molecule has 0 aromatic carbocycles. The van der Waals surface area contributed by atoms with Crippen LogP contribution >= 0.6 is 0 Å². The fraction of sp³-hybridized carbons (Fsp3) is 1.00. The Morgan fingerprint density at radius 2 is 1.85 bits per heavy atom. The van der Waals surface area contributed by atoms with E-state index in [1.165, 1.54) is 11.4 Å². The van der Waals surface area contributed by atoms with Crippen molar-refractivity contribution in [2.75, 3.05) is 13.6 Å². The van der Waals surface area contributed by atoms with E-state index >= 15 is 0 Å². The maximum absolute atomic E-state index is 9.86. The van der Waals surface area contributed by atoms with Crippen molar-refractivity contribution in [3.63, 3.8) is 0 Å². The third kappa shape index (κ3) is 2.44. The Kier molecular flexibility index (Phi) is 3.03. The summed E-state index contributed by atoms with van der Waals surface area (Å²) in [5.41, 5.74) is 0.336. The standard InChI is InChI=1S/C11H23NO/c1-8-10(13)6-9(7-12(8)5)11(2,3)4/h8-10,13H,6-7H2,1-5H3/p+1/t8-,9+,10-/m1/s1. The largest absolute Gasteiger partial charge is 0.387 e. The van der Waals surface area contributed by atoms with Gasteiger partial charge in [-0.2, -0.15) is 0 Å². The van der Waals surface area contributed by atoms with Gasteiger partial charge in [0.05, 0.1) is 13.6 Å². The molecule has 1 aliphatic heterocycles. The molecule has 1 aliphatic rings. The van der Waals surface area contributed by atoms with Crippen LogP contribution in [0.4, 0.5) is 0 Å². The van der Waals surface area contributed by atoms with Gasteiger partial charge in [-0.3, -0.25) is 0 Å². The quantitative estimate of drug-likeness (QED) is 0.559. The Balaban J connectivity index is 2.64. The normalized spacial score (nSPS) is 42.0. The Morgan fingerprint density at radius 1 is 1.31 bits per heavy atom. The van der Waals surface area contributed by atoms with Crippen LogP contribution in [0.5, 0.6) is 0 Å². The molecular formula is C11H24NO+. The van der Waals surface area contributed by atoms with Crippen LogP contribution in [-0.4, -0.2) is 30.8 Å². The van der Waals surface area contributed by atoms with E-state index in [0.717, 1.165) is 6.42 Å². The van der Waals surface area contributed by atoms with E-state index in [1.54, 1.807) is 0 Å². The molecule has 0 spiro atoms. The van der Waals surface area contributed by atoms with Crippen molar-refractivity contribution in [2.24, 2.45) is 11.3 Å². The van der Waals surface area contributed by atoms with E-state index in [1.807, 2.05) is 0 Å². The third-order valence-corrected chi connectivity index (χ3v) is 3.67. The van der Waals surface area contributed by atoms with E-state index in [2.05, 4.69) is 34.7 Å². The predicted octanol–water partition coefficient (Wildman–Crippen LogP) is 0.317. The summed E-state index contributed by atoms with van der Waals surface area (Å²) in [5.74, 6) is 0.652. The molecule has 0 bridgehead atoms. The minimum absolute atomic E-state index is 0.113. The summed E-state index contributed by atoms with van der Waals surface area (Å²) in [5, 5.41) is 9.86. The highest BCUT2D eigenvalue weighted by atomic mass is 16.3. The van der Waals surface area contributed by atoms with Crippen LogP contribution < -0.4 is 4.90 Å². The zero-order chi connectivity index (χ0) is 10.2. The highest BCUT2D eigenvalue weighted by molar-refractivity contribution is 4.81. The molecule has 2 heteroatoms. The van der Waals surface area contributed by atoms with Gasteiger partial charge in [0.1, 0.15) is 12.1 Å². The average Bonchev–Trinajstić information content (AvgIpc) is 1.97. The molecule has 0 radical (unpaired) electrons. The number of nitrogens with one attached hydrogen (secondary N) is 1. The number of aliphatic hydroxyl groups is 1. The van der Waals surface area contributed by atoms with Gasteiger partial charge in [0, 0.05) is 5.92 Å². The summed E-state index contributed by atoms with van der Waals surface area (Å²) in [6.45, 7) is 10.1. The lowest BCUT2D eigenvalue weighted by Crippen LogP contribution is -3.16. The Hall–Kier alpha value is -0.0800. The second kappa shape index (κ2) is 3.58. The van der Waals surface area contributed by atoms with Gasteiger partial charge in [-0.05, 0) is 18.8 Å². The second-order valence-corrected chi connectivity index (χ2v) is 5.71. The number of hydrogen-bond donors (Lipinski definition) is 2. The predicted molar refractivity (Wildman–Crippen MR) is 54.8 cm³/mol. The lowest BCUT2D eigenvalue weighted by atomic mass is 9.74. The molecule has 1 unspecified atom stereocenters. The molecule has 1 fully saturated rings. The van der Waals surface area contributed by atoms with Crippen LogP contribution in [0.15, 0.2) is 0 Å². The van der Waals surface area contributed by atoms with Crippen molar-refractivity contribution < 1.29 is 10.0 Å². The van der Waals surface area contributed by atoms with Crippen molar-refractivity contribution in [1.82, 2.24) is 0 Å². The first-order valence-electron chi connectivity index (χ1n) is 5.32.